The average molecular weight is 345 g/mol. The third-order valence-electron chi connectivity index (χ3n) is 3.02. The predicted molar refractivity (Wildman–Crippen MR) is 88.8 cm³/mol. The lowest BCUT2D eigenvalue weighted by molar-refractivity contribution is 0.601. The van der Waals surface area contributed by atoms with Crippen molar-refractivity contribution in [3.63, 3.8) is 0 Å². The van der Waals surface area contributed by atoms with Crippen molar-refractivity contribution < 1.29 is 8.42 Å². The maximum atomic E-state index is 12.6. The van der Waals surface area contributed by atoms with Gasteiger partial charge in [-0.05, 0) is 38.6 Å². The molecule has 0 aliphatic carbocycles. The second-order valence-electron chi connectivity index (χ2n) is 4.70. The Balaban J connectivity index is 2.39. The number of hydrogen-bond donors (Lipinski definition) is 2. The van der Waals surface area contributed by atoms with Crippen LogP contribution in [0.4, 0.5) is 5.69 Å². The van der Waals surface area contributed by atoms with Crippen molar-refractivity contribution in [1.29, 1.82) is 0 Å². The highest BCUT2D eigenvalue weighted by Gasteiger charge is 2.21. The molecule has 0 aliphatic heterocycles. The van der Waals surface area contributed by atoms with Gasteiger partial charge in [0.15, 0.2) is 0 Å². The Morgan fingerprint density at radius 3 is 2.62 bits per heavy atom. The Labute approximate surface area is 134 Å². The van der Waals surface area contributed by atoms with Crippen molar-refractivity contribution in [2.75, 3.05) is 11.8 Å². The number of rotatable bonds is 5. The van der Waals surface area contributed by atoms with Crippen LogP contribution in [0.15, 0.2) is 29.2 Å². The minimum atomic E-state index is -3.64. The normalized spacial score (nSPS) is 11.6. The van der Waals surface area contributed by atoms with Crippen LogP contribution in [-0.4, -0.2) is 15.5 Å². The van der Waals surface area contributed by atoms with E-state index in [0.717, 1.165) is 15.3 Å². The van der Waals surface area contributed by atoms with E-state index < -0.39 is 10.0 Å². The highest BCUT2D eigenvalue weighted by molar-refractivity contribution is 7.93. The van der Waals surface area contributed by atoms with Gasteiger partial charge in [0, 0.05) is 16.3 Å². The Bertz CT molecular complexity index is 734. The molecule has 0 atom stereocenters. The fourth-order valence-corrected chi connectivity index (χ4v) is 5.13. The number of anilines is 1. The lowest BCUT2D eigenvalue weighted by atomic mass is 10.2. The van der Waals surface area contributed by atoms with E-state index in [2.05, 4.69) is 10.0 Å². The molecule has 0 spiro atoms. The van der Waals surface area contributed by atoms with Crippen molar-refractivity contribution in [1.82, 2.24) is 5.32 Å². The Morgan fingerprint density at radius 1 is 1.29 bits per heavy atom. The molecular formula is C14H17ClN2O2S2. The zero-order valence-corrected chi connectivity index (χ0v) is 14.4. The van der Waals surface area contributed by atoms with Crippen LogP contribution < -0.4 is 10.0 Å². The van der Waals surface area contributed by atoms with Gasteiger partial charge >= 0.3 is 0 Å². The van der Waals surface area contributed by atoms with Crippen LogP contribution in [0.3, 0.4) is 0 Å². The summed E-state index contributed by atoms with van der Waals surface area (Å²) in [7, 11) is -1.81. The van der Waals surface area contributed by atoms with E-state index in [-0.39, 0.29) is 0 Å². The molecule has 1 aromatic heterocycles. The molecular weight excluding hydrogens is 328 g/mol. The number of thiophene rings is 1. The van der Waals surface area contributed by atoms with Gasteiger partial charge in [-0.1, -0.05) is 23.7 Å². The zero-order valence-electron chi connectivity index (χ0n) is 12.0. The summed E-state index contributed by atoms with van der Waals surface area (Å²) in [5.74, 6) is 0. The summed E-state index contributed by atoms with van der Waals surface area (Å²) in [5, 5.41) is 3.41. The summed E-state index contributed by atoms with van der Waals surface area (Å²) >= 11 is 7.55. The minimum Gasteiger partial charge on any atom is -0.315 e. The van der Waals surface area contributed by atoms with Crippen LogP contribution >= 0.6 is 22.9 Å². The highest BCUT2D eigenvalue weighted by Crippen LogP contribution is 2.31. The molecule has 2 N–H and O–H groups in total. The molecule has 2 rings (SSSR count). The van der Waals surface area contributed by atoms with E-state index in [9.17, 15) is 8.42 Å². The summed E-state index contributed by atoms with van der Waals surface area (Å²) < 4.78 is 27.7. The number of aryl methyl sites for hydroxylation is 2. The van der Waals surface area contributed by atoms with Gasteiger partial charge in [0.1, 0.15) is 4.90 Å². The van der Waals surface area contributed by atoms with Crippen molar-refractivity contribution >= 4 is 38.6 Å². The number of benzene rings is 1. The van der Waals surface area contributed by atoms with E-state index in [1.165, 1.54) is 11.3 Å². The molecule has 0 bridgehead atoms. The number of para-hydroxylation sites is 1. The third kappa shape index (κ3) is 3.58. The monoisotopic (exact) mass is 344 g/mol. The van der Waals surface area contributed by atoms with Gasteiger partial charge in [0.25, 0.3) is 10.0 Å². The van der Waals surface area contributed by atoms with Crippen molar-refractivity contribution in [3.05, 3.63) is 44.6 Å². The standard InChI is InChI=1S/C14H17ClN2O2S2/c1-9-5-4-6-12(15)14(9)17-21(18,19)13-7-11(8-16-3)20-10(13)2/h4-7,16-17H,8H2,1-3H3. The molecule has 7 heteroatoms. The number of hydrogen-bond acceptors (Lipinski definition) is 4. The van der Waals surface area contributed by atoms with Gasteiger partial charge in [0.05, 0.1) is 10.7 Å². The fourth-order valence-electron chi connectivity index (χ4n) is 2.00. The lowest BCUT2D eigenvalue weighted by Gasteiger charge is -2.11. The maximum absolute atomic E-state index is 12.6. The van der Waals surface area contributed by atoms with E-state index in [1.54, 1.807) is 25.1 Å². The molecule has 114 valence electrons. The second-order valence-corrected chi connectivity index (χ2v) is 8.10. The zero-order chi connectivity index (χ0) is 15.6. The van der Waals surface area contributed by atoms with E-state index >= 15 is 0 Å². The molecule has 0 saturated heterocycles. The van der Waals surface area contributed by atoms with Crippen LogP contribution in [0.2, 0.25) is 5.02 Å². The van der Waals surface area contributed by atoms with Crippen molar-refractivity contribution in [2.24, 2.45) is 0 Å². The number of sulfonamides is 1. The van der Waals surface area contributed by atoms with E-state index in [4.69, 9.17) is 11.6 Å². The Morgan fingerprint density at radius 2 is 2.00 bits per heavy atom. The highest BCUT2D eigenvalue weighted by atomic mass is 35.5. The summed E-state index contributed by atoms with van der Waals surface area (Å²) in [6.45, 7) is 4.26. The first-order valence-electron chi connectivity index (χ1n) is 6.37. The van der Waals surface area contributed by atoms with Gasteiger partial charge in [0.2, 0.25) is 0 Å². The third-order valence-corrected chi connectivity index (χ3v) is 5.99. The summed E-state index contributed by atoms with van der Waals surface area (Å²) in [5.41, 5.74) is 1.22. The van der Waals surface area contributed by atoms with Crippen LogP contribution in [0.1, 0.15) is 15.3 Å². The smallest absolute Gasteiger partial charge is 0.263 e. The molecule has 0 aliphatic rings. The molecule has 2 aromatic rings. The van der Waals surface area contributed by atoms with Crippen LogP contribution in [0.25, 0.3) is 0 Å². The maximum Gasteiger partial charge on any atom is 0.263 e. The molecule has 0 fully saturated rings. The lowest BCUT2D eigenvalue weighted by Crippen LogP contribution is -2.14. The van der Waals surface area contributed by atoms with Gasteiger partial charge in [-0.3, -0.25) is 4.72 Å². The molecule has 0 radical (unpaired) electrons. The first-order chi connectivity index (χ1) is 9.85. The molecule has 0 amide bonds. The molecule has 1 heterocycles. The van der Waals surface area contributed by atoms with Crippen molar-refractivity contribution in [3.8, 4) is 0 Å². The first kappa shape index (κ1) is 16.3. The molecule has 21 heavy (non-hydrogen) atoms. The summed E-state index contributed by atoms with van der Waals surface area (Å²) in [4.78, 5) is 2.04. The van der Waals surface area contributed by atoms with Crippen LogP contribution in [0.5, 0.6) is 0 Å². The summed E-state index contributed by atoms with van der Waals surface area (Å²) in [6.07, 6.45) is 0. The van der Waals surface area contributed by atoms with Gasteiger partial charge < -0.3 is 5.32 Å². The van der Waals surface area contributed by atoms with Crippen LogP contribution in [0, 0.1) is 13.8 Å². The SMILES string of the molecule is CNCc1cc(S(=O)(=O)Nc2c(C)cccc2Cl)c(C)s1. The summed E-state index contributed by atoms with van der Waals surface area (Å²) in [6, 6.07) is 6.97. The average Bonchev–Trinajstić information content (AvgIpc) is 2.76. The van der Waals surface area contributed by atoms with E-state index in [1.807, 2.05) is 20.0 Å². The second kappa shape index (κ2) is 6.36. The molecule has 1 aromatic carbocycles. The largest absolute Gasteiger partial charge is 0.315 e. The quantitative estimate of drug-likeness (QED) is 0.872. The fraction of sp³-hybridized carbons (Fsp3) is 0.286. The van der Waals surface area contributed by atoms with Crippen LogP contribution in [-0.2, 0) is 16.6 Å². The molecule has 0 saturated carbocycles. The van der Waals surface area contributed by atoms with Gasteiger partial charge in [-0.15, -0.1) is 11.3 Å². The predicted octanol–water partition coefficient (Wildman–Crippen LogP) is 3.54. The minimum absolute atomic E-state index is 0.303. The topological polar surface area (TPSA) is 58.2 Å². The van der Waals surface area contributed by atoms with Gasteiger partial charge in [-0.25, -0.2) is 8.42 Å². The Hall–Kier alpha value is -1.08. The first-order valence-corrected chi connectivity index (χ1v) is 9.04. The van der Waals surface area contributed by atoms with Gasteiger partial charge in [-0.2, -0.15) is 0 Å². The Kier molecular flexibility index (Phi) is 4.93. The van der Waals surface area contributed by atoms with Crippen molar-refractivity contribution in [2.45, 2.75) is 25.3 Å². The number of halogens is 1. The molecule has 0 unspecified atom stereocenters. The molecule has 4 nitrogen and oxygen atoms in total. The van der Waals surface area contributed by atoms with E-state index in [0.29, 0.717) is 22.2 Å². The number of nitrogens with one attached hydrogen (secondary N) is 2.